The number of carbonyl (C=O) groups excluding carboxylic acids is 1. The van der Waals surface area contributed by atoms with Gasteiger partial charge in [-0.3, -0.25) is 0 Å². The quantitative estimate of drug-likeness (QED) is 0.583. The van der Waals surface area contributed by atoms with Gasteiger partial charge in [0.25, 0.3) is 5.92 Å². The minimum absolute atomic E-state index is 0.157. The van der Waals surface area contributed by atoms with Crippen LogP contribution in [0.5, 0.6) is 0 Å². The fourth-order valence-corrected chi connectivity index (χ4v) is 1.12. The van der Waals surface area contributed by atoms with Crippen molar-refractivity contribution in [1.82, 2.24) is 0 Å². The van der Waals surface area contributed by atoms with Crippen molar-refractivity contribution in [2.45, 2.75) is 12.8 Å². The van der Waals surface area contributed by atoms with Gasteiger partial charge in [0, 0.05) is 11.6 Å². The molecule has 0 amide bonds. The molecule has 0 saturated carbocycles. The van der Waals surface area contributed by atoms with Crippen molar-refractivity contribution in [2.75, 3.05) is 6.61 Å². The molecule has 0 fully saturated rings. The highest BCUT2D eigenvalue weighted by Gasteiger charge is 2.27. The van der Waals surface area contributed by atoms with Crippen LogP contribution in [0.4, 0.5) is 8.78 Å². The number of halogens is 2. The SMILES string of the molecule is CCOC(=O)/C=C/C(F)(F)c1ccccc1. The Kier molecular flexibility index (Phi) is 4.17. The van der Waals surface area contributed by atoms with Gasteiger partial charge in [-0.2, -0.15) is 8.78 Å². The van der Waals surface area contributed by atoms with Gasteiger partial charge in [0.1, 0.15) is 0 Å². The summed E-state index contributed by atoms with van der Waals surface area (Å²) in [4.78, 5) is 10.9. The second-order valence-electron chi connectivity index (χ2n) is 3.07. The summed E-state index contributed by atoms with van der Waals surface area (Å²) < 4.78 is 31.4. The second-order valence-corrected chi connectivity index (χ2v) is 3.07. The van der Waals surface area contributed by atoms with E-state index in [-0.39, 0.29) is 12.2 Å². The molecule has 1 aromatic carbocycles. The molecule has 0 N–H and O–H groups in total. The molecule has 16 heavy (non-hydrogen) atoms. The Labute approximate surface area is 92.5 Å². The van der Waals surface area contributed by atoms with Crippen LogP contribution in [0.15, 0.2) is 42.5 Å². The smallest absolute Gasteiger partial charge is 0.330 e. The zero-order chi connectivity index (χ0) is 12.0. The minimum atomic E-state index is -3.16. The lowest BCUT2D eigenvalue weighted by atomic mass is 10.1. The molecule has 2 nitrogen and oxygen atoms in total. The number of alkyl halides is 2. The number of hydrogen-bond acceptors (Lipinski definition) is 2. The van der Waals surface area contributed by atoms with Gasteiger partial charge in [-0.05, 0) is 13.0 Å². The molecule has 4 heteroatoms. The fourth-order valence-electron chi connectivity index (χ4n) is 1.12. The molecule has 0 aromatic heterocycles. The molecular formula is C12H12F2O2. The topological polar surface area (TPSA) is 26.3 Å². The highest BCUT2D eigenvalue weighted by molar-refractivity contribution is 5.82. The molecule has 1 rings (SSSR count). The number of ether oxygens (including phenoxy) is 1. The average molecular weight is 226 g/mol. The normalized spacial score (nSPS) is 11.7. The van der Waals surface area contributed by atoms with Crippen molar-refractivity contribution in [1.29, 1.82) is 0 Å². The number of esters is 1. The molecule has 0 bridgehead atoms. The number of benzene rings is 1. The Morgan fingerprint density at radius 1 is 1.38 bits per heavy atom. The molecule has 0 saturated heterocycles. The monoisotopic (exact) mass is 226 g/mol. The van der Waals surface area contributed by atoms with E-state index in [0.717, 1.165) is 6.08 Å². The number of rotatable bonds is 4. The minimum Gasteiger partial charge on any atom is -0.463 e. The highest BCUT2D eigenvalue weighted by Crippen LogP contribution is 2.28. The Bertz CT molecular complexity index is 372. The third kappa shape index (κ3) is 3.46. The van der Waals surface area contributed by atoms with Crippen LogP contribution in [0.3, 0.4) is 0 Å². The summed E-state index contributed by atoms with van der Waals surface area (Å²) in [5, 5.41) is 0. The highest BCUT2D eigenvalue weighted by atomic mass is 19.3. The first-order valence-corrected chi connectivity index (χ1v) is 4.85. The van der Waals surface area contributed by atoms with E-state index in [1.54, 1.807) is 13.0 Å². The summed E-state index contributed by atoms with van der Waals surface area (Å²) in [6.07, 6.45) is 1.29. The predicted octanol–water partition coefficient (Wildman–Crippen LogP) is 2.90. The molecule has 0 spiro atoms. The van der Waals surface area contributed by atoms with E-state index in [1.807, 2.05) is 0 Å². The van der Waals surface area contributed by atoms with E-state index < -0.39 is 11.9 Å². The Morgan fingerprint density at radius 3 is 2.56 bits per heavy atom. The number of carbonyl (C=O) groups is 1. The molecule has 1 aromatic rings. The van der Waals surface area contributed by atoms with Crippen molar-refractivity contribution in [2.24, 2.45) is 0 Å². The van der Waals surface area contributed by atoms with E-state index in [4.69, 9.17) is 0 Å². The summed E-state index contributed by atoms with van der Waals surface area (Å²) in [5.41, 5.74) is -0.157. The molecular weight excluding hydrogens is 214 g/mol. The van der Waals surface area contributed by atoms with Crippen LogP contribution in [0.1, 0.15) is 12.5 Å². The van der Waals surface area contributed by atoms with Gasteiger partial charge in [-0.25, -0.2) is 4.79 Å². The summed E-state index contributed by atoms with van der Waals surface area (Å²) in [5.74, 6) is -3.92. The second kappa shape index (κ2) is 5.39. The molecule has 0 heterocycles. The fraction of sp³-hybridized carbons (Fsp3) is 0.250. The zero-order valence-corrected chi connectivity index (χ0v) is 8.82. The number of hydrogen-bond donors (Lipinski definition) is 0. The van der Waals surface area contributed by atoms with Gasteiger partial charge in [0.2, 0.25) is 0 Å². The summed E-state index contributed by atoms with van der Waals surface area (Å²) >= 11 is 0. The Balaban J connectivity index is 2.76. The lowest BCUT2D eigenvalue weighted by Gasteiger charge is -2.11. The van der Waals surface area contributed by atoms with Crippen LogP contribution >= 0.6 is 0 Å². The molecule has 0 aliphatic rings. The van der Waals surface area contributed by atoms with Crippen LogP contribution in [-0.4, -0.2) is 12.6 Å². The Morgan fingerprint density at radius 2 is 2.00 bits per heavy atom. The largest absolute Gasteiger partial charge is 0.463 e. The van der Waals surface area contributed by atoms with Gasteiger partial charge >= 0.3 is 5.97 Å². The first kappa shape index (κ1) is 12.4. The lowest BCUT2D eigenvalue weighted by molar-refractivity contribution is -0.137. The first-order valence-electron chi connectivity index (χ1n) is 4.85. The van der Waals surface area contributed by atoms with Crippen molar-refractivity contribution in [3.63, 3.8) is 0 Å². The molecule has 0 unspecified atom stereocenters. The van der Waals surface area contributed by atoms with Crippen LogP contribution < -0.4 is 0 Å². The maximum atomic E-state index is 13.5. The van der Waals surface area contributed by atoms with Gasteiger partial charge in [0.05, 0.1) is 6.61 Å². The van der Waals surface area contributed by atoms with Crippen LogP contribution in [-0.2, 0) is 15.5 Å². The average Bonchev–Trinajstić information content (AvgIpc) is 2.28. The molecule has 0 aliphatic carbocycles. The van der Waals surface area contributed by atoms with Crippen LogP contribution in [0, 0.1) is 0 Å². The van der Waals surface area contributed by atoms with E-state index in [1.165, 1.54) is 24.3 Å². The van der Waals surface area contributed by atoms with Crippen molar-refractivity contribution in [3.8, 4) is 0 Å². The zero-order valence-electron chi connectivity index (χ0n) is 8.82. The van der Waals surface area contributed by atoms with E-state index in [9.17, 15) is 13.6 Å². The van der Waals surface area contributed by atoms with E-state index in [2.05, 4.69) is 4.74 Å². The van der Waals surface area contributed by atoms with Gasteiger partial charge < -0.3 is 4.74 Å². The molecule has 0 atom stereocenters. The maximum Gasteiger partial charge on any atom is 0.330 e. The summed E-state index contributed by atoms with van der Waals surface area (Å²) in [6.45, 7) is 1.78. The van der Waals surface area contributed by atoms with Crippen molar-refractivity contribution < 1.29 is 18.3 Å². The van der Waals surface area contributed by atoms with Crippen molar-refractivity contribution in [3.05, 3.63) is 48.0 Å². The third-order valence-corrected chi connectivity index (χ3v) is 1.87. The summed E-state index contributed by atoms with van der Waals surface area (Å²) in [6, 6.07) is 7.28. The number of allylic oxidation sites excluding steroid dienone is 1. The van der Waals surface area contributed by atoms with Gasteiger partial charge in [-0.1, -0.05) is 30.3 Å². The maximum absolute atomic E-state index is 13.5. The molecule has 0 radical (unpaired) electrons. The third-order valence-electron chi connectivity index (χ3n) is 1.87. The van der Waals surface area contributed by atoms with E-state index >= 15 is 0 Å². The van der Waals surface area contributed by atoms with Crippen LogP contribution in [0.2, 0.25) is 0 Å². The van der Waals surface area contributed by atoms with Crippen LogP contribution in [0.25, 0.3) is 0 Å². The van der Waals surface area contributed by atoms with Crippen molar-refractivity contribution >= 4 is 5.97 Å². The standard InChI is InChI=1S/C12H12F2O2/c1-2-16-11(15)8-9-12(13,14)10-6-4-3-5-7-10/h3-9H,2H2,1H3/b9-8+. The van der Waals surface area contributed by atoms with Gasteiger partial charge in [0.15, 0.2) is 0 Å². The van der Waals surface area contributed by atoms with E-state index in [0.29, 0.717) is 6.08 Å². The molecule has 86 valence electrons. The van der Waals surface area contributed by atoms with Gasteiger partial charge in [-0.15, -0.1) is 0 Å². The predicted molar refractivity (Wildman–Crippen MR) is 56.1 cm³/mol. The summed E-state index contributed by atoms with van der Waals surface area (Å²) in [7, 11) is 0. The molecule has 0 aliphatic heterocycles. The Hall–Kier alpha value is -1.71. The first-order chi connectivity index (χ1) is 7.56. The lowest BCUT2D eigenvalue weighted by Crippen LogP contribution is -2.10.